The van der Waals surface area contributed by atoms with Crippen LogP contribution in [0.2, 0.25) is 0 Å². The minimum absolute atomic E-state index is 0.189. The smallest absolute Gasteiger partial charge is 0.242 e. The first-order chi connectivity index (χ1) is 10.2. The van der Waals surface area contributed by atoms with Gasteiger partial charge in [0.25, 0.3) is 0 Å². The van der Waals surface area contributed by atoms with E-state index in [1.165, 1.54) is 20.2 Å². The van der Waals surface area contributed by atoms with E-state index in [4.69, 9.17) is 0 Å². The Morgan fingerprint density at radius 1 is 1.32 bits per heavy atom. The standard InChI is InChI=1S/C15H25N3O3S/c1-6-9-16-12(3)15(19)17-13-8-7-11(2)14(10-13)22(20,21)18(4)5/h7-8,10,12,16H,6,9H2,1-5H3,(H,17,19). The first kappa shape index (κ1) is 18.6. The van der Waals surface area contributed by atoms with Gasteiger partial charge in [-0.3, -0.25) is 4.79 Å². The summed E-state index contributed by atoms with van der Waals surface area (Å²) >= 11 is 0. The van der Waals surface area contributed by atoms with Crippen LogP contribution in [0.3, 0.4) is 0 Å². The highest BCUT2D eigenvalue weighted by atomic mass is 32.2. The van der Waals surface area contributed by atoms with E-state index < -0.39 is 10.0 Å². The first-order valence-corrected chi connectivity index (χ1v) is 8.71. The number of amides is 1. The fourth-order valence-electron chi connectivity index (χ4n) is 1.86. The van der Waals surface area contributed by atoms with Crippen LogP contribution in [0.4, 0.5) is 5.69 Å². The molecule has 0 spiro atoms. The van der Waals surface area contributed by atoms with Gasteiger partial charge in [0.2, 0.25) is 15.9 Å². The SMILES string of the molecule is CCCNC(C)C(=O)Nc1ccc(C)c(S(=O)(=O)N(C)C)c1. The third kappa shape index (κ3) is 4.53. The fraction of sp³-hybridized carbons (Fsp3) is 0.533. The van der Waals surface area contributed by atoms with Gasteiger partial charge in [0, 0.05) is 19.8 Å². The zero-order chi connectivity index (χ0) is 16.9. The summed E-state index contributed by atoms with van der Waals surface area (Å²) in [6.45, 7) is 6.28. The van der Waals surface area contributed by atoms with Crippen LogP contribution in [0.5, 0.6) is 0 Å². The first-order valence-electron chi connectivity index (χ1n) is 7.27. The number of nitrogens with zero attached hydrogens (tertiary/aromatic N) is 1. The molecule has 22 heavy (non-hydrogen) atoms. The number of hydrogen-bond donors (Lipinski definition) is 2. The number of carbonyl (C=O) groups is 1. The Morgan fingerprint density at radius 3 is 2.50 bits per heavy atom. The van der Waals surface area contributed by atoms with Crippen molar-refractivity contribution in [3.8, 4) is 0 Å². The number of rotatable bonds is 7. The zero-order valence-electron chi connectivity index (χ0n) is 13.8. The van der Waals surface area contributed by atoms with Crippen LogP contribution in [0.1, 0.15) is 25.8 Å². The number of aryl methyl sites for hydroxylation is 1. The molecule has 0 heterocycles. The summed E-state index contributed by atoms with van der Waals surface area (Å²) in [5.74, 6) is -0.189. The van der Waals surface area contributed by atoms with Crippen molar-refractivity contribution in [2.24, 2.45) is 0 Å². The largest absolute Gasteiger partial charge is 0.325 e. The number of nitrogens with one attached hydrogen (secondary N) is 2. The van der Waals surface area contributed by atoms with Crippen LogP contribution < -0.4 is 10.6 Å². The molecule has 0 fully saturated rings. The van der Waals surface area contributed by atoms with Gasteiger partial charge in [-0.25, -0.2) is 12.7 Å². The van der Waals surface area contributed by atoms with Gasteiger partial charge >= 0.3 is 0 Å². The molecule has 1 amide bonds. The van der Waals surface area contributed by atoms with Gasteiger partial charge in [-0.05, 0) is 44.5 Å². The zero-order valence-corrected chi connectivity index (χ0v) is 14.6. The maximum atomic E-state index is 12.3. The molecule has 1 atom stereocenters. The Bertz CT molecular complexity index is 627. The average molecular weight is 327 g/mol. The molecule has 6 nitrogen and oxygen atoms in total. The monoisotopic (exact) mass is 327 g/mol. The molecular formula is C15H25N3O3S. The molecule has 1 unspecified atom stereocenters. The number of carbonyl (C=O) groups excluding carboxylic acids is 1. The van der Waals surface area contributed by atoms with Crippen molar-refractivity contribution < 1.29 is 13.2 Å². The fourth-order valence-corrected chi connectivity index (χ4v) is 3.00. The van der Waals surface area contributed by atoms with E-state index in [-0.39, 0.29) is 16.8 Å². The number of anilines is 1. The molecule has 1 aromatic carbocycles. The maximum absolute atomic E-state index is 12.3. The van der Waals surface area contributed by atoms with Gasteiger partial charge in [0.15, 0.2) is 0 Å². The van der Waals surface area contributed by atoms with Crippen molar-refractivity contribution in [2.45, 2.75) is 38.1 Å². The van der Waals surface area contributed by atoms with Crippen molar-refractivity contribution >= 4 is 21.6 Å². The summed E-state index contributed by atoms with van der Waals surface area (Å²) in [4.78, 5) is 12.3. The lowest BCUT2D eigenvalue weighted by Crippen LogP contribution is -2.38. The van der Waals surface area contributed by atoms with E-state index in [1.807, 2.05) is 6.92 Å². The predicted molar refractivity (Wildman–Crippen MR) is 88.4 cm³/mol. The molecule has 2 N–H and O–H groups in total. The Morgan fingerprint density at radius 2 is 1.95 bits per heavy atom. The van der Waals surface area contributed by atoms with E-state index >= 15 is 0 Å². The molecule has 0 aliphatic heterocycles. The highest BCUT2D eigenvalue weighted by Crippen LogP contribution is 2.22. The van der Waals surface area contributed by atoms with E-state index in [9.17, 15) is 13.2 Å². The molecule has 1 aromatic rings. The van der Waals surface area contributed by atoms with E-state index in [0.717, 1.165) is 17.3 Å². The van der Waals surface area contributed by atoms with Crippen LogP contribution >= 0.6 is 0 Å². The summed E-state index contributed by atoms with van der Waals surface area (Å²) in [6, 6.07) is 4.55. The van der Waals surface area contributed by atoms with Crippen molar-refractivity contribution in [1.29, 1.82) is 0 Å². The molecular weight excluding hydrogens is 302 g/mol. The molecule has 0 saturated heterocycles. The van der Waals surface area contributed by atoms with Crippen LogP contribution in [-0.4, -0.2) is 45.3 Å². The highest BCUT2D eigenvalue weighted by molar-refractivity contribution is 7.89. The Balaban J connectivity index is 2.97. The van der Waals surface area contributed by atoms with Gasteiger partial charge in [-0.2, -0.15) is 0 Å². The molecule has 124 valence electrons. The van der Waals surface area contributed by atoms with E-state index in [2.05, 4.69) is 10.6 Å². The second-order valence-corrected chi connectivity index (χ2v) is 7.55. The Kier molecular flexibility index (Phi) is 6.52. The summed E-state index contributed by atoms with van der Waals surface area (Å²) in [5, 5.41) is 5.83. The van der Waals surface area contributed by atoms with Gasteiger partial charge in [-0.15, -0.1) is 0 Å². The lowest BCUT2D eigenvalue weighted by molar-refractivity contribution is -0.117. The minimum Gasteiger partial charge on any atom is -0.325 e. The number of hydrogen-bond acceptors (Lipinski definition) is 4. The van der Waals surface area contributed by atoms with Crippen LogP contribution in [0, 0.1) is 6.92 Å². The Hall–Kier alpha value is -1.44. The van der Waals surface area contributed by atoms with Crippen molar-refractivity contribution in [2.75, 3.05) is 26.0 Å². The molecule has 1 rings (SSSR count). The van der Waals surface area contributed by atoms with Gasteiger partial charge in [-0.1, -0.05) is 13.0 Å². The average Bonchev–Trinajstić information content (AvgIpc) is 2.46. The normalized spacial score (nSPS) is 13.2. The molecule has 0 radical (unpaired) electrons. The minimum atomic E-state index is -3.53. The van der Waals surface area contributed by atoms with E-state index in [0.29, 0.717) is 11.3 Å². The van der Waals surface area contributed by atoms with E-state index in [1.54, 1.807) is 26.0 Å². The molecule has 0 bridgehead atoms. The predicted octanol–water partition coefficient (Wildman–Crippen LogP) is 1.57. The number of sulfonamides is 1. The highest BCUT2D eigenvalue weighted by Gasteiger charge is 2.21. The third-order valence-electron chi connectivity index (χ3n) is 3.31. The number of benzene rings is 1. The van der Waals surface area contributed by atoms with Crippen LogP contribution in [0.25, 0.3) is 0 Å². The molecule has 0 aliphatic carbocycles. The van der Waals surface area contributed by atoms with Crippen molar-refractivity contribution in [3.05, 3.63) is 23.8 Å². The lowest BCUT2D eigenvalue weighted by atomic mass is 10.2. The molecule has 0 aromatic heterocycles. The summed E-state index contributed by atoms with van der Waals surface area (Å²) in [5.41, 5.74) is 1.12. The van der Waals surface area contributed by atoms with Gasteiger partial charge < -0.3 is 10.6 Å². The van der Waals surface area contributed by atoms with Gasteiger partial charge in [0.05, 0.1) is 10.9 Å². The maximum Gasteiger partial charge on any atom is 0.242 e. The van der Waals surface area contributed by atoms with Gasteiger partial charge in [0.1, 0.15) is 0 Å². The quantitative estimate of drug-likeness (QED) is 0.797. The summed E-state index contributed by atoms with van der Waals surface area (Å²) < 4.78 is 25.7. The Labute approximate surface area is 132 Å². The summed E-state index contributed by atoms with van der Waals surface area (Å²) in [6.07, 6.45) is 0.938. The third-order valence-corrected chi connectivity index (χ3v) is 5.27. The second-order valence-electron chi connectivity index (χ2n) is 5.43. The topological polar surface area (TPSA) is 78.5 Å². The van der Waals surface area contributed by atoms with Crippen LogP contribution in [0.15, 0.2) is 23.1 Å². The molecule has 0 saturated carbocycles. The molecule has 0 aliphatic rings. The van der Waals surface area contributed by atoms with Crippen molar-refractivity contribution in [1.82, 2.24) is 9.62 Å². The van der Waals surface area contributed by atoms with Crippen LogP contribution in [-0.2, 0) is 14.8 Å². The lowest BCUT2D eigenvalue weighted by Gasteiger charge is -2.17. The molecule has 7 heteroatoms. The van der Waals surface area contributed by atoms with Crippen molar-refractivity contribution in [3.63, 3.8) is 0 Å². The second kappa shape index (κ2) is 7.71. The summed E-state index contributed by atoms with van der Waals surface area (Å²) in [7, 11) is -0.568.